The maximum atomic E-state index is 3.55. The van der Waals surface area contributed by atoms with Gasteiger partial charge in [0.1, 0.15) is 0 Å². The minimum Gasteiger partial charge on any atom is -0.306 e. The van der Waals surface area contributed by atoms with E-state index in [2.05, 4.69) is 61.1 Å². The predicted molar refractivity (Wildman–Crippen MR) is 75.5 cm³/mol. The quantitative estimate of drug-likeness (QED) is 0.850. The van der Waals surface area contributed by atoms with E-state index in [0.717, 1.165) is 6.54 Å². The smallest absolute Gasteiger partial charge is 0.0303 e. The molecular formula is C15H19NS. The summed E-state index contributed by atoms with van der Waals surface area (Å²) in [6, 6.07) is 9.27. The fourth-order valence-corrected chi connectivity index (χ4v) is 2.58. The van der Waals surface area contributed by atoms with Gasteiger partial charge in [-0.05, 0) is 59.9 Å². The van der Waals surface area contributed by atoms with E-state index in [9.17, 15) is 0 Å². The fraction of sp³-hybridized carbons (Fsp3) is 0.333. The molecule has 2 aromatic rings. The number of aryl methyl sites for hydroxylation is 2. The predicted octanol–water partition coefficient (Wildman–Crippen LogP) is 4.22. The van der Waals surface area contributed by atoms with Crippen LogP contribution in [-0.4, -0.2) is 0 Å². The Morgan fingerprint density at radius 2 is 2.00 bits per heavy atom. The SMILES string of the molecule is Cc1ccc(CNC(C)c2ccsc2)cc1C. The lowest BCUT2D eigenvalue weighted by molar-refractivity contribution is 0.576. The first-order chi connectivity index (χ1) is 8.16. The maximum absolute atomic E-state index is 3.55. The van der Waals surface area contributed by atoms with Gasteiger partial charge in [0, 0.05) is 12.6 Å². The summed E-state index contributed by atoms with van der Waals surface area (Å²) in [7, 11) is 0. The molecule has 0 amide bonds. The molecule has 0 saturated carbocycles. The molecule has 1 nitrogen and oxygen atoms in total. The molecule has 1 N–H and O–H groups in total. The summed E-state index contributed by atoms with van der Waals surface area (Å²) >= 11 is 1.75. The van der Waals surface area contributed by atoms with Crippen LogP contribution in [0.4, 0.5) is 0 Å². The summed E-state index contributed by atoms with van der Waals surface area (Å²) in [5.74, 6) is 0. The van der Waals surface area contributed by atoms with Gasteiger partial charge >= 0.3 is 0 Å². The first-order valence-corrected chi connectivity index (χ1v) is 6.92. The van der Waals surface area contributed by atoms with Crippen molar-refractivity contribution in [2.45, 2.75) is 33.4 Å². The van der Waals surface area contributed by atoms with Gasteiger partial charge in [-0.15, -0.1) is 0 Å². The number of nitrogens with one attached hydrogen (secondary N) is 1. The van der Waals surface area contributed by atoms with Crippen molar-refractivity contribution in [1.82, 2.24) is 5.32 Å². The molecule has 0 aliphatic rings. The first kappa shape index (κ1) is 12.3. The van der Waals surface area contributed by atoms with Crippen LogP contribution in [0.15, 0.2) is 35.0 Å². The highest BCUT2D eigenvalue weighted by molar-refractivity contribution is 7.07. The lowest BCUT2D eigenvalue weighted by Crippen LogP contribution is -2.17. The third kappa shape index (κ3) is 3.18. The molecule has 0 aliphatic carbocycles. The molecule has 0 bridgehead atoms. The van der Waals surface area contributed by atoms with Crippen molar-refractivity contribution in [3.05, 3.63) is 57.3 Å². The molecule has 1 atom stereocenters. The van der Waals surface area contributed by atoms with Crippen molar-refractivity contribution in [3.63, 3.8) is 0 Å². The van der Waals surface area contributed by atoms with Gasteiger partial charge in [-0.1, -0.05) is 18.2 Å². The van der Waals surface area contributed by atoms with Gasteiger partial charge in [0.2, 0.25) is 0 Å². The zero-order chi connectivity index (χ0) is 12.3. The summed E-state index contributed by atoms with van der Waals surface area (Å²) in [4.78, 5) is 0. The Balaban J connectivity index is 1.96. The second-order valence-corrected chi connectivity index (χ2v) is 5.36. The van der Waals surface area contributed by atoms with E-state index in [1.165, 1.54) is 22.3 Å². The zero-order valence-corrected chi connectivity index (χ0v) is 11.5. The van der Waals surface area contributed by atoms with E-state index in [1.54, 1.807) is 11.3 Å². The minimum absolute atomic E-state index is 0.419. The molecule has 0 spiro atoms. The van der Waals surface area contributed by atoms with Gasteiger partial charge in [0.15, 0.2) is 0 Å². The van der Waals surface area contributed by atoms with Gasteiger partial charge in [0.25, 0.3) is 0 Å². The van der Waals surface area contributed by atoms with Crippen LogP contribution in [0.2, 0.25) is 0 Å². The Kier molecular flexibility index (Phi) is 3.97. The van der Waals surface area contributed by atoms with Gasteiger partial charge in [0.05, 0.1) is 0 Å². The minimum atomic E-state index is 0.419. The van der Waals surface area contributed by atoms with E-state index >= 15 is 0 Å². The highest BCUT2D eigenvalue weighted by Gasteiger charge is 2.05. The standard InChI is InChI=1S/C15H19NS/c1-11-4-5-14(8-12(11)2)9-16-13(3)15-6-7-17-10-15/h4-8,10,13,16H,9H2,1-3H3. The Hall–Kier alpha value is -1.12. The van der Waals surface area contributed by atoms with Crippen molar-refractivity contribution in [3.8, 4) is 0 Å². The van der Waals surface area contributed by atoms with Crippen molar-refractivity contribution >= 4 is 11.3 Å². The number of hydrogen-bond donors (Lipinski definition) is 1. The zero-order valence-electron chi connectivity index (χ0n) is 10.7. The molecule has 1 aromatic carbocycles. The van der Waals surface area contributed by atoms with E-state index in [-0.39, 0.29) is 0 Å². The van der Waals surface area contributed by atoms with Crippen LogP contribution in [0, 0.1) is 13.8 Å². The van der Waals surface area contributed by atoms with Gasteiger partial charge in [-0.25, -0.2) is 0 Å². The van der Waals surface area contributed by atoms with Crippen LogP contribution in [-0.2, 0) is 6.54 Å². The Labute approximate surface area is 108 Å². The molecule has 1 unspecified atom stereocenters. The normalized spacial score (nSPS) is 12.6. The molecular weight excluding hydrogens is 226 g/mol. The first-order valence-electron chi connectivity index (χ1n) is 5.98. The van der Waals surface area contributed by atoms with Crippen molar-refractivity contribution in [1.29, 1.82) is 0 Å². The molecule has 90 valence electrons. The number of rotatable bonds is 4. The molecule has 2 rings (SSSR count). The maximum Gasteiger partial charge on any atom is 0.0303 e. The average Bonchev–Trinajstić information content (AvgIpc) is 2.84. The van der Waals surface area contributed by atoms with Gasteiger partial charge in [-0.2, -0.15) is 11.3 Å². The van der Waals surface area contributed by atoms with E-state index in [0.29, 0.717) is 6.04 Å². The largest absolute Gasteiger partial charge is 0.306 e. The summed E-state index contributed by atoms with van der Waals surface area (Å²) in [6.45, 7) is 7.46. The van der Waals surface area contributed by atoms with Crippen LogP contribution in [0.3, 0.4) is 0 Å². The molecule has 0 saturated heterocycles. The van der Waals surface area contributed by atoms with Crippen LogP contribution < -0.4 is 5.32 Å². The lowest BCUT2D eigenvalue weighted by atomic mass is 10.1. The van der Waals surface area contributed by atoms with E-state index < -0.39 is 0 Å². The molecule has 2 heteroatoms. The second-order valence-electron chi connectivity index (χ2n) is 4.58. The van der Waals surface area contributed by atoms with Crippen molar-refractivity contribution in [2.75, 3.05) is 0 Å². The van der Waals surface area contributed by atoms with Crippen LogP contribution >= 0.6 is 11.3 Å². The highest BCUT2D eigenvalue weighted by Crippen LogP contribution is 2.16. The lowest BCUT2D eigenvalue weighted by Gasteiger charge is -2.13. The number of thiophene rings is 1. The average molecular weight is 245 g/mol. The third-order valence-electron chi connectivity index (χ3n) is 3.23. The highest BCUT2D eigenvalue weighted by atomic mass is 32.1. The van der Waals surface area contributed by atoms with E-state index in [1.807, 2.05) is 0 Å². The molecule has 1 heterocycles. The number of benzene rings is 1. The Bertz CT molecular complexity index is 474. The van der Waals surface area contributed by atoms with Crippen LogP contribution in [0.1, 0.15) is 35.2 Å². The summed E-state index contributed by atoms with van der Waals surface area (Å²) in [6.07, 6.45) is 0. The molecule has 0 fully saturated rings. The molecule has 1 aromatic heterocycles. The fourth-order valence-electron chi connectivity index (χ4n) is 1.82. The van der Waals surface area contributed by atoms with Gasteiger partial charge < -0.3 is 5.32 Å². The second kappa shape index (κ2) is 5.48. The topological polar surface area (TPSA) is 12.0 Å². The van der Waals surface area contributed by atoms with Crippen LogP contribution in [0.5, 0.6) is 0 Å². The third-order valence-corrected chi connectivity index (χ3v) is 3.93. The molecule has 17 heavy (non-hydrogen) atoms. The molecule has 0 aliphatic heterocycles. The Morgan fingerprint density at radius 1 is 1.18 bits per heavy atom. The summed E-state index contributed by atoms with van der Waals surface area (Å²) < 4.78 is 0. The molecule has 0 radical (unpaired) electrons. The van der Waals surface area contributed by atoms with E-state index in [4.69, 9.17) is 0 Å². The Morgan fingerprint density at radius 3 is 2.65 bits per heavy atom. The monoisotopic (exact) mass is 245 g/mol. The number of hydrogen-bond acceptors (Lipinski definition) is 2. The van der Waals surface area contributed by atoms with Crippen molar-refractivity contribution < 1.29 is 0 Å². The van der Waals surface area contributed by atoms with Crippen molar-refractivity contribution in [2.24, 2.45) is 0 Å². The summed E-state index contributed by atoms with van der Waals surface area (Å²) in [5.41, 5.74) is 5.46. The van der Waals surface area contributed by atoms with Crippen LogP contribution in [0.25, 0.3) is 0 Å². The summed E-state index contributed by atoms with van der Waals surface area (Å²) in [5, 5.41) is 7.89. The van der Waals surface area contributed by atoms with Gasteiger partial charge in [-0.3, -0.25) is 0 Å².